The van der Waals surface area contributed by atoms with Crippen LogP contribution in [-0.2, 0) is 4.79 Å². The summed E-state index contributed by atoms with van der Waals surface area (Å²) in [7, 11) is 0. The van der Waals surface area contributed by atoms with Crippen LogP contribution in [0.15, 0.2) is 0 Å². The van der Waals surface area contributed by atoms with Gasteiger partial charge in [0.05, 0.1) is 6.54 Å². The Labute approximate surface area is 110 Å². The fourth-order valence-corrected chi connectivity index (χ4v) is 2.53. The van der Waals surface area contributed by atoms with Gasteiger partial charge in [-0.1, -0.05) is 6.92 Å². The molecule has 1 aliphatic carbocycles. The maximum absolute atomic E-state index is 11.7. The quantitative estimate of drug-likeness (QED) is 0.711. The number of nitrogens with zero attached hydrogens (tertiary/aromatic N) is 1. The summed E-state index contributed by atoms with van der Waals surface area (Å²) >= 11 is 0. The minimum atomic E-state index is 0.139. The normalized spacial score (nSPS) is 26.2. The first-order valence-electron chi connectivity index (χ1n) is 7.43. The summed E-state index contributed by atoms with van der Waals surface area (Å²) in [5, 5.41) is 6.28. The van der Waals surface area contributed by atoms with Gasteiger partial charge in [-0.05, 0) is 45.1 Å². The van der Waals surface area contributed by atoms with Gasteiger partial charge in [0.15, 0.2) is 0 Å². The molecule has 0 bridgehead atoms. The van der Waals surface area contributed by atoms with Crippen molar-refractivity contribution in [2.75, 3.05) is 26.2 Å². The van der Waals surface area contributed by atoms with Crippen molar-refractivity contribution in [3.05, 3.63) is 0 Å². The Morgan fingerprint density at radius 1 is 1.39 bits per heavy atom. The molecule has 2 unspecified atom stereocenters. The molecule has 2 rings (SSSR count). The van der Waals surface area contributed by atoms with Crippen molar-refractivity contribution in [3.8, 4) is 0 Å². The van der Waals surface area contributed by atoms with E-state index < -0.39 is 0 Å². The molecule has 18 heavy (non-hydrogen) atoms. The SMILES string of the molecule is CCC(C)NCC(=O)NCC1CCN(C2CC2)C1. The maximum atomic E-state index is 11.7. The van der Waals surface area contributed by atoms with E-state index >= 15 is 0 Å². The van der Waals surface area contributed by atoms with Crippen molar-refractivity contribution in [1.29, 1.82) is 0 Å². The van der Waals surface area contributed by atoms with E-state index in [0.29, 0.717) is 18.5 Å². The van der Waals surface area contributed by atoms with Crippen LogP contribution in [-0.4, -0.2) is 49.1 Å². The molecule has 2 aliphatic rings. The minimum Gasteiger partial charge on any atom is -0.355 e. The van der Waals surface area contributed by atoms with Crippen molar-refractivity contribution in [2.45, 2.75) is 51.6 Å². The Bertz CT molecular complexity index is 278. The Kier molecular flexibility index (Phi) is 5.01. The average Bonchev–Trinajstić information content (AvgIpc) is 3.13. The molecule has 2 atom stereocenters. The lowest BCUT2D eigenvalue weighted by atomic mass is 10.1. The summed E-state index contributed by atoms with van der Waals surface area (Å²) in [6.07, 6.45) is 5.08. The Morgan fingerprint density at radius 3 is 2.83 bits per heavy atom. The lowest BCUT2D eigenvalue weighted by Crippen LogP contribution is -2.40. The molecule has 1 saturated carbocycles. The molecule has 1 saturated heterocycles. The molecule has 1 amide bonds. The van der Waals surface area contributed by atoms with Crippen LogP contribution in [0.5, 0.6) is 0 Å². The zero-order chi connectivity index (χ0) is 13.0. The van der Waals surface area contributed by atoms with Crippen LogP contribution in [0.1, 0.15) is 39.5 Å². The molecule has 1 aliphatic heterocycles. The maximum Gasteiger partial charge on any atom is 0.233 e. The molecule has 0 aromatic heterocycles. The van der Waals surface area contributed by atoms with Crippen LogP contribution in [0, 0.1) is 5.92 Å². The highest BCUT2D eigenvalue weighted by molar-refractivity contribution is 5.78. The summed E-state index contributed by atoms with van der Waals surface area (Å²) in [5.41, 5.74) is 0. The predicted octanol–water partition coefficient (Wildman–Crippen LogP) is 0.975. The third-order valence-electron chi connectivity index (χ3n) is 4.19. The second-order valence-corrected chi connectivity index (χ2v) is 5.88. The van der Waals surface area contributed by atoms with Crippen molar-refractivity contribution in [1.82, 2.24) is 15.5 Å². The zero-order valence-corrected chi connectivity index (χ0v) is 11.7. The Morgan fingerprint density at radius 2 is 2.17 bits per heavy atom. The van der Waals surface area contributed by atoms with E-state index in [4.69, 9.17) is 0 Å². The van der Waals surface area contributed by atoms with E-state index in [1.807, 2.05) is 0 Å². The summed E-state index contributed by atoms with van der Waals surface area (Å²) in [6.45, 7) is 7.96. The number of hydrogen-bond acceptors (Lipinski definition) is 3. The van der Waals surface area contributed by atoms with Crippen molar-refractivity contribution >= 4 is 5.91 Å². The highest BCUT2D eigenvalue weighted by atomic mass is 16.1. The van der Waals surface area contributed by atoms with E-state index in [9.17, 15) is 4.79 Å². The van der Waals surface area contributed by atoms with E-state index in [-0.39, 0.29) is 5.91 Å². The number of hydrogen-bond donors (Lipinski definition) is 2. The molecule has 2 N–H and O–H groups in total. The first kappa shape index (κ1) is 13.8. The van der Waals surface area contributed by atoms with Gasteiger partial charge in [-0.3, -0.25) is 4.79 Å². The largest absolute Gasteiger partial charge is 0.355 e. The molecule has 4 heteroatoms. The number of rotatable bonds is 7. The van der Waals surface area contributed by atoms with Crippen LogP contribution in [0.3, 0.4) is 0 Å². The minimum absolute atomic E-state index is 0.139. The van der Waals surface area contributed by atoms with Crippen LogP contribution in [0.2, 0.25) is 0 Å². The molecule has 0 aromatic carbocycles. The van der Waals surface area contributed by atoms with Gasteiger partial charge >= 0.3 is 0 Å². The van der Waals surface area contributed by atoms with Crippen LogP contribution in [0.25, 0.3) is 0 Å². The highest BCUT2D eigenvalue weighted by Crippen LogP contribution is 2.31. The number of likely N-dealkylation sites (tertiary alicyclic amines) is 1. The number of carbonyl (C=O) groups is 1. The fourth-order valence-electron chi connectivity index (χ4n) is 2.53. The first-order chi connectivity index (χ1) is 8.69. The van der Waals surface area contributed by atoms with Gasteiger partial charge in [0.25, 0.3) is 0 Å². The summed E-state index contributed by atoms with van der Waals surface area (Å²) in [5.74, 6) is 0.804. The van der Waals surface area contributed by atoms with Crippen LogP contribution >= 0.6 is 0 Å². The Balaban J connectivity index is 1.55. The molecule has 0 radical (unpaired) electrons. The molecular formula is C14H27N3O. The Hall–Kier alpha value is -0.610. The topological polar surface area (TPSA) is 44.4 Å². The van der Waals surface area contributed by atoms with Gasteiger partial charge < -0.3 is 15.5 Å². The monoisotopic (exact) mass is 253 g/mol. The van der Waals surface area contributed by atoms with Gasteiger partial charge in [0, 0.05) is 25.2 Å². The molecule has 1 heterocycles. The standard InChI is InChI=1S/C14H27N3O/c1-3-11(2)15-9-14(18)16-8-12-6-7-17(10-12)13-4-5-13/h11-13,15H,3-10H2,1-2H3,(H,16,18). The van der Waals surface area contributed by atoms with Gasteiger partial charge in [-0.25, -0.2) is 0 Å². The highest BCUT2D eigenvalue weighted by Gasteiger charge is 2.34. The van der Waals surface area contributed by atoms with Crippen LogP contribution < -0.4 is 10.6 Å². The van der Waals surface area contributed by atoms with Crippen LogP contribution in [0.4, 0.5) is 0 Å². The molecule has 4 nitrogen and oxygen atoms in total. The lowest BCUT2D eigenvalue weighted by molar-refractivity contribution is -0.120. The molecule has 0 spiro atoms. The van der Waals surface area contributed by atoms with Crippen molar-refractivity contribution < 1.29 is 4.79 Å². The lowest BCUT2D eigenvalue weighted by Gasteiger charge is -2.16. The van der Waals surface area contributed by atoms with Gasteiger partial charge in [0.2, 0.25) is 5.91 Å². The van der Waals surface area contributed by atoms with E-state index in [1.165, 1.54) is 32.4 Å². The van der Waals surface area contributed by atoms with Gasteiger partial charge in [-0.2, -0.15) is 0 Å². The molecular weight excluding hydrogens is 226 g/mol. The zero-order valence-electron chi connectivity index (χ0n) is 11.7. The van der Waals surface area contributed by atoms with Gasteiger partial charge in [-0.15, -0.1) is 0 Å². The van der Waals surface area contributed by atoms with Crippen molar-refractivity contribution in [3.63, 3.8) is 0 Å². The van der Waals surface area contributed by atoms with E-state index in [1.54, 1.807) is 0 Å². The first-order valence-corrected chi connectivity index (χ1v) is 7.43. The predicted molar refractivity (Wildman–Crippen MR) is 73.5 cm³/mol. The summed E-state index contributed by atoms with van der Waals surface area (Å²) in [4.78, 5) is 14.3. The summed E-state index contributed by atoms with van der Waals surface area (Å²) < 4.78 is 0. The molecule has 0 aromatic rings. The second-order valence-electron chi connectivity index (χ2n) is 5.88. The fraction of sp³-hybridized carbons (Fsp3) is 0.929. The molecule has 104 valence electrons. The molecule has 2 fully saturated rings. The van der Waals surface area contributed by atoms with Gasteiger partial charge in [0.1, 0.15) is 0 Å². The smallest absolute Gasteiger partial charge is 0.233 e. The van der Waals surface area contributed by atoms with E-state index in [0.717, 1.165) is 19.0 Å². The number of amides is 1. The average molecular weight is 253 g/mol. The third-order valence-corrected chi connectivity index (χ3v) is 4.19. The van der Waals surface area contributed by atoms with Crippen molar-refractivity contribution in [2.24, 2.45) is 5.92 Å². The number of nitrogens with one attached hydrogen (secondary N) is 2. The third kappa shape index (κ3) is 4.25. The summed E-state index contributed by atoms with van der Waals surface area (Å²) in [6, 6.07) is 1.30. The number of carbonyl (C=O) groups excluding carboxylic acids is 1. The van der Waals surface area contributed by atoms with E-state index in [2.05, 4.69) is 29.4 Å². The second kappa shape index (κ2) is 6.53.